The van der Waals surface area contributed by atoms with Crippen LogP contribution in [0.3, 0.4) is 0 Å². The highest BCUT2D eigenvalue weighted by molar-refractivity contribution is 6.74. The topological polar surface area (TPSA) is 105 Å². The predicted molar refractivity (Wildman–Crippen MR) is 156 cm³/mol. The molecule has 0 spiro atoms. The molecule has 2 rings (SSSR count). The van der Waals surface area contributed by atoms with E-state index in [0.717, 1.165) is 0 Å². The summed E-state index contributed by atoms with van der Waals surface area (Å²) in [5.74, 6) is -1.87. The van der Waals surface area contributed by atoms with Gasteiger partial charge >= 0.3 is 11.9 Å². The number of allylic oxidation sites excluding steroid dienone is 1. The SMILES string of the molecule is CC(C)(C)OC(=O)C[C@](O[Si](C)(C)C(C)(C)C)(C(=O)OC(C)(C)C)[C@@H](CC(=O)/C=C/c1ccco1)c1ccco1. The van der Waals surface area contributed by atoms with Crippen LogP contribution in [-0.4, -0.2) is 42.8 Å². The first kappa shape index (κ1) is 33.3. The van der Waals surface area contributed by atoms with Crippen LogP contribution in [0.25, 0.3) is 6.08 Å². The van der Waals surface area contributed by atoms with Gasteiger partial charge in [-0.25, -0.2) is 4.79 Å². The summed E-state index contributed by atoms with van der Waals surface area (Å²) >= 11 is 0. The summed E-state index contributed by atoms with van der Waals surface area (Å²) in [5, 5.41) is -0.342. The van der Waals surface area contributed by atoms with Crippen molar-refractivity contribution < 1.29 is 37.1 Å². The summed E-state index contributed by atoms with van der Waals surface area (Å²) in [6.07, 6.45) is 5.25. The zero-order valence-electron chi connectivity index (χ0n) is 25.9. The van der Waals surface area contributed by atoms with E-state index in [-0.39, 0.29) is 17.2 Å². The van der Waals surface area contributed by atoms with Crippen LogP contribution >= 0.6 is 0 Å². The maximum absolute atomic E-state index is 14.3. The van der Waals surface area contributed by atoms with Crippen molar-refractivity contribution in [3.8, 4) is 0 Å². The summed E-state index contributed by atoms with van der Waals surface area (Å²) in [4.78, 5) is 41.2. The number of carbonyl (C=O) groups excluding carboxylic acids is 3. The summed E-state index contributed by atoms with van der Waals surface area (Å²) in [6.45, 7) is 20.6. The maximum atomic E-state index is 14.3. The van der Waals surface area contributed by atoms with Crippen LogP contribution in [0, 0.1) is 0 Å². The molecule has 2 aromatic rings. The first-order valence-corrected chi connectivity index (χ1v) is 16.5. The third kappa shape index (κ3) is 9.33. The molecule has 0 saturated carbocycles. The smallest absolute Gasteiger partial charge is 0.339 e. The maximum Gasteiger partial charge on any atom is 0.339 e. The standard InChI is InChI=1S/C31H46O8Si/c1-28(2,3)37-26(33)21-31(27(34)38-29(4,5)6,39-40(10,11)30(7,8)9)24(25-15-13-19-36-25)20-22(32)16-17-23-14-12-18-35-23/h12-19,24H,20-21H2,1-11H3/b17-16+/t24-,31+/m0/s1. The highest BCUT2D eigenvalue weighted by Crippen LogP contribution is 2.47. The van der Waals surface area contributed by atoms with E-state index >= 15 is 0 Å². The van der Waals surface area contributed by atoms with Crippen LogP contribution in [0.5, 0.6) is 0 Å². The first-order chi connectivity index (χ1) is 18.2. The highest BCUT2D eigenvalue weighted by Gasteiger charge is 2.58. The van der Waals surface area contributed by atoms with E-state index in [9.17, 15) is 14.4 Å². The van der Waals surface area contributed by atoms with Crippen molar-refractivity contribution in [1.82, 2.24) is 0 Å². The first-order valence-electron chi connectivity index (χ1n) is 13.6. The lowest BCUT2D eigenvalue weighted by Crippen LogP contribution is -2.59. The van der Waals surface area contributed by atoms with Crippen LogP contribution in [0.4, 0.5) is 0 Å². The molecule has 0 fully saturated rings. The van der Waals surface area contributed by atoms with Crippen LogP contribution in [0.15, 0.2) is 51.7 Å². The summed E-state index contributed by atoms with van der Waals surface area (Å²) in [7, 11) is -2.79. The Morgan fingerprint density at radius 2 is 1.45 bits per heavy atom. The van der Waals surface area contributed by atoms with Crippen LogP contribution in [0.2, 0.25) is 18.1 Å². The minimum Gasteiger partial charge on any atom is -0.469 e. The van der Waals surface area contributed by atoms with Crippen molar-refractivity contribution in [3.05, 3.63) is 54.4 Å². The molecular weight excluding hydrogens is 528 g/mol. The van der Waals surface area contributed by atoms with Gasteiger partial charge in [-0.15, -0.1) is 0 Å². The van der Waals surface area contributed by atoms with Gasteiger partial charge in [0.05, 0.1) is 24.9 Å². The van der Waals surface area contributed by atoms with E-state index < -0.39 is 49.4 Å². The number of hydrogen-bond acceptors (Lipinski definition) is 8. The molecule has 222 valence electrons. The molecule has 0 saturated heterocycles. The van der Waals surface area contributed by atoms with E-state index in [1.807, 2.05) is 33.9 Å². The molecule has 0 unspecified atom stereocenters. The molecule has 8 nitrogen and oxygen atoms in total. The quantitative estimate of drug-likeness (QED) is 0.155. The van der Waals surface area contributed by atoms with Gasteiger partial charge in [0.25, 0.3) is 0 Å². The van der Waals surface area contributed by atoms with Crippen LogP contribution in [-0.2, 0) is 28.3 Å². The normalized spacial score (nSPS) is 15.5. The predicted octanol–water partition coefficient (Wildman–Crippen LogP) is 7.46. The Hall–Kier alpha value is -2.91. The minimum atomic E-state index is -2.79. The van der Waals surface area contributed by atoms with Gasteiger partial charge in [-0.3, -0.25) is 9.59 Å². The number of ketones is 1. The molecule has 0 aromatic carbocycles. The molecule has 0 aliphatic carbocycles. The van der Waals surface area contributed by atoms with Crippen molar-refractivity contribution >= 4 is 32.1 Å². The van der Waals surface area contributed by atoms with E-state index in [4.69, 9.17) is 22.7 Å². The number of rotatable bonds is 11. The van der Waals surface area contributed by atoms with E-state index in [0.29, 0.717) is 11.5 Å². The van der Waals surface area contributed by atoms with Gasteiger partial charge in [0.15, 0.2) is 19.7 Å². The summed E-state index contributed by atoms with van der Waals surface area (Å²) in [6, 6.07) is 6.79. The van der Waals surface area contributed by atoms with Gasteiger partial charge in [0.1, 0.15) is 22.7 Å². The van der Waals surface area contributed by atoms with Gasteiger partial charge in [-0.05, 0) is 96.1 Å². The fourth-order valence-electron chi connectivity index (χ4n) is 3.87. The summed E-state index contributed by atoms with van der Waals surface area (Å²) < 4.78 is 29.7. The molecule has 40 heavy (non-hydrogen) atoms. The Morgan fingerprint density at radius 1 is 0.875 bits per heavy atom. The van der Waals surface area contributed by atoms with Crippen LogP contribution in [0.1, 0.15) is 92.6 Å². The lowest BCUT2D eigenvalue weighted by atomic mass is 9.79. The summed E-state index contributed by atoms with van der Waals surface area (Å²) in [5.41, 5.74) is -3.62. The Morgan fingerprint density at radius 3 is 1.93 bits per heavy atom. The Kier molecular flexibility index (Phi) is 10.2. The molecule has 2 atom stereocenters. The Bertz CT molecular complexity index is 1160. The molecule has 9 heteroatoms. The van der Waals surface area contributed by atoms with Gasteiger partial charge < -0.3 is 22.7 Å². The average molecular weight is 575 g/mol. The second-order valence-electron chi connectivity index (χ2n) is 13.6. The molecule has 0 N–H and O–H groups in total. The number of ether oxygens (including phenoxy) is 2. The third-order valence-electron chi connectivity index (χ3n) is 6.65. The molecule has 2 aromatic heterocycles. The molecule has 0 aliphatic heterocycles. The Labute approximate surface area is 239 Å². The fraction of sp³-hybridized carbons (Fsp3) is 0.581. The van der Waals surface area contributed by atoms with Gasteiger partial charge in [-0.1, -0.05) is 20.8 Å². The molecule has 0 amide bonds. The molecular formula is C31H46O8Si. The Balaban J connectivity index is 2.77. The van der Waals surface area contributed by atoms with Crippen molar-refractivity contribution in [1.29, 1.82) is 0 Å². The van der Waals surface area contributed by atoms with Crippen molar-refractivity contribution in [2.75, 3.05) is 0 Å². The van der Waals surface area contributed by atoms with Crippen LogP contribution < -0.4 is 0 Å². The van der Waals surface area contributed by atoms with Gasteiger partial charge in [0.2, 0.25) is 0 Å². The second-order valence-corrected chi connectivity index (χ2v) is 18.3. The lowest BCUT2D eigenvalue weighted by molar-refractivity contribution is -0.186. The molecule has 0 radical (unpaired) electrons. The minimum absolute atomic E-state index is 0.193. The molecule has 0 bridgehead atoms. The molecule has 2 heterocycles. The third-order valence-corrected chi connectivity index (χ3v) is 11.1. The van der Waals surface area contributed by atoms with E-state index in [1.54, 1.807) is 71.9 Å². The van der Waals surface area contributed by atoms with Crippen molar-refractivity contribution in [2.45, 2.75) is 116 Å². The molecule has 0 aliphatic rings. The van der Waals surface area contributed by atoms with Gasteiger partial charge in [0, 0.05) is 6.42 Å². The van der Waals surface area contributed by atoms with E-state index in [2.05, 4.69) is 0 Å². The zero-order valence-corrected chi connectivity index (χ0v) is 26.9. The number of esters is 2. The largest absolute Gasteiger partial charge is 0.469 e. The number of hydrogen-bond donors (Lipinski definition) is 0. The number of furan rings is 2. The zero-order chi connectivity index (χ0) is 30.6. The van der Waals surface area contributed by atoms with E-state index in [1.165, 1.54) is 18.6 Å². The van der Waals surface area contributed by atoms with Crippen molar-refractivity contribution in [2.24, 2.45) is 0 Å². The van der Waals surface area contributed by atoms with Crippen molar-refractivity contribution in [3.63, 3.8) is 0 Å². The lowest BCUT2D eigenvalue weighted by Gasteiger charge is -2.47. The average Bonchev–Trinajstić information content (AvgIpc) is 3.46. The highest BCUT2D eigenvalue weighted by atomic mass is 28.4. The monoisotopic (exact) mass is 574 g/mol. The van der Waals surface area contributed by atoms with Gasteiger partial charge in [-0.2, -0.15) is 0 Å². The second kappa shape index (κ2) is 12.3. The number of carbonyl (C=O) groups is 3. The fourth-order valence-corrected chi connectivity index (χ4v) is 5.38.